The lowest BCUT2D eigenvalue weighted by Gasteiger charge is -2.38. The monoisotopic (exact) mass is 274 g/mol. The molecular formula is C16H26N4. The number of nitrogens with two attached hydrogens (primary N) is 1. The van der Waals surface area contributed by atoms with Crippen LogP contribution in [0.15, 0.2) is 24.3 Å². The zero-order chi connectivity index (χ0) is 14.5. The Labute approximate surface area is 122 Å². The predicted molar refractivity (Wildman–Crippen MR) is 84.1 cm³/mol. The molecule has 3 N–H and O–H groups in total. The first-order valence-electron chi connectivity index (χ1n) is 7.50. The zero-order valence-corrected chi connectivity index (χ0v) is 12.6. The van der Waals surface area contributed by atoms with Crippen LogP contribution in [0.2, 0.25) is 0 Å². The van der Waals surface area contributed by atoms with E-state index in [1.54, 1.807) is 0 Å². The number of nitrogens with one attached hydrogen (secondary N) is 1. The summed E-state index contributed by atoms with van der Waals surface area (Å²) >= 11 is 0. The molecule has 0 saturated carbocycles. The number of nitrogen functional groups attached to an aromatic ring is 1. The van der Waals surface area contributed by atoms with Crippen molar-refractivity contribution in [3.05, 3.63) is 35.4 Å². The smallest absolute Gasteiger partial charge is 0.123 e. The molecule has 1 unspecified atom stereocenters. The Morgan fingerprint density at radius 3 is 2.50 bits per heavy atom. The van der Waals surface area contributed by atoms with E-state index in [-0.39, 0.29) is 5.84 Å². The predicted octanol–water partition coefficient (Wildman–Crippen LogP) is 1.89. The maximum absolute atomic E-state index is 7.66. The minimum absolute atomic E-state index is 0.166. The van der Waals surface area contributed by atoms with Crippen LogP contribution in [0.4, 0.5) is 0 Å². The van der Waals surface area contributed by atoms with Crippen molar-refractivity contribution in [2.75, 3.05) is 26.2 Å². The molecule has 20 heavy (non-hydrogen) atoms. The van der Waals surface area contributed by atoms with Gasteiger partial charge in [-0.25, -0.2) is 0 Å². The summed E-state index contributed by atoms with van der Waals surface area (Å²) in [7, 11) is 0. The van der Waals surface area contributed by atoms with Crippen molar-refractivity contribution in [2.24, 2.45) is 5.73 Å². The first kappa shape index (κ1) is 15.0. The highest BCUT2D eigenvalue weighted by atomic mass is 15.3. The Morgan fingerprint density at radius 1 is 1.25 bits per heavy atom. The molecule has 1 heterocycles. The minimum atomic E-state index is 0.166. The third kappa shape index (κ3) is 3.58. The van der Waals surface area contributed by atoms with Crippen LogP contribution in [0, 0.1) is 5.41 Å². The topological polar surface area (TPSA) is 56.4 Å². The highest BCUT2D eigenvalue weighted by Crippen LogP contribution is 2.14. The van der Waals surface area contributed by atoms with Crippen molar-refractivity contribution in [3.8, 4) is 0 Å². The summed E-state index contributed by atoms with van der Waals surface area (Å²) in [6, 6.07) is 8.67. The summed E-state index contributed by atoms with van der Waals surface area (Å²) in [6.07, 6.45) is 1.22. The average molecular weight is 274 g/mol. The van der Waals surface area contributed by atoms with Crippen LogP contribution in [0.5, 0.6) is 0 Å². The largest absolute Gasteiger partial charge is 0.384 e. The number of hydrogen-bond acceptors (Lipinski definition) is 3. The number of nitrogens with zero attached hydrogens (tertiary/aromatic N) is 2. The van der Waals surface area contributed by atoms with Crippen molar-refractivity contribution in [1.29, 1.82) is 5.41 Å². The van der Waals surface area contributed by atoms with Crippen LogP contribution in [-0.2, 0) is 6.54 Å². The van der Waals surface area contributed by atoms with Gasteiger partial charge in [0.05, 0.1) is 0 Å². The molecule has 0 radical (unpaired) electrons. The van der Waals surface area contributed by atoms with E-state index in [1.807, 2.05) is 18.2 Å². The quantitative estimate of drug-likeness (QED) is 0.637. The van der Waals surface area contributed by atoms with E-state index < -0.39 is 0 Å². The van der Waals surface area contributed by atoms with Crippen LogP contribution >= 0.6 is 0 Å². The standard InChI is InChI=1S/C16H26N4/c1-3-13(2)20-10-8-19(9-11-20)12-14-6-4-5-7-15(14)16(17)18/h4-7,13H,3,8-12H2,1-2H3,(H3,17,18). The van der Waals surface area contributed by atoms with E-state index in [1.165, 1.54) is 6.42 Å². The van der Waals surface area contributed by atoms with Crippen LogP contribution in [0.25, 0.3) is 0 Å². The second kappa shape index (κ2) is 6.86. The van der Waals surface area contributed by atoms with Gasteiger partial charge in [0.1, 0.15) is 5.84 Å². The van der Waals surface area contributed by atoms with E-state index in [4.69, 9.17) is 11.1 Å². The van der Waals surface area contributed by atoms with Gasteiger partial charge >= 0.3 is 0 Å². The minimum Gasteiger partial charge on any atom is -0.384 e. The van der Waals surface area contributed by atoms with Crippen molar-refractivity contribution in [1.82, 2.24) is 9.80 Å². The van der Waals surface area contributed by atoms with E-state index in [2.05, 4.69) is 29.7 Å². The number of piperazine rings is 1. The number of benzene rings is 1. The molecule has 1 atom stereocenters. The van der Waals surface area contributed by atoms with Gasteiger partial charge in [0.15, 0.2) is 0 Å². The lowest BCUT2D eigenvalue weighted by molar-refractivity contribution is 0.0963. The van der Waals surface area contributed by atoms with Gasteiger partial charge in [0, 0.05) is 44.3 Å². The second-order valence-electron chi connectivity index (χ2n) is 5.64. The Kier molecular flexibility index (Phi) is 5.15. The molecule has 0 amide bonds. The maximum atomic E-state index is 7.66. The van der Waals surface area contributed by atoms with Crippen molar-refractivity contribution in [3.63, 3.8) is 0 Å². The van der Waals surface area contributed by atoms with E-state index in [0.29, 0.717) is 6.04 Å². The lowest BCUT2D eigenvalue weighted by Crippen LogP contribution is -2.49. The average Bonchev–Trinajstić information content (AvgIpc) is 2.47. The molecule has 0 spiro atoms. The van der Waals surface area contributed by atoms with Crippen molar-refractivity contribution >= 4 is 5.84 Å². The molecule has 1 aromatic rings. The van der Waals surface area contributed by atoms with Crippen LogP contribution in [0.3, 0.4) is 0 Å². The van der Waals surface area contributed by atoms with E-state index in [9.17, 15) is 0 Å². The van der Waals surface area contributed by atoms with Gasteiger partial charge in [-0.2, -0.15) is 0 Å². The van der Waals surface area contributed by atoms with Crippen LogP contribution in [-0.4, -0.2) is 47.9 Å². The summed E-state index contributed by atoms with van der Waals surface area (Å²) < 4.78 is 0. The lowest BCUT2D eigenvalue weighted by atomic mass is 10.1. The van der Waals surface area contributed by atoms with Gasteiger partial charge in [-0.3, -0.25) is 15.2 Å². The molecule has 1 aliphatic rings. The molecular weight excluding hydrogens is 248 g/mol. The molecule has 110 valence electrons. The fraction of sp³-hybridized carbons (Fsp3) is 0.562. The fourth-order valence-electron chi connectivity index (χ4n) is 2.78. The molecule has 0 bridgehead atoms. The number of amidine groups is 1. The number of rotatable bonds is 5. The third-order valence-electron chi connectivity index (χ3n) is 4.32. The SMILES string of the molecule is CCC(C)N1CCN(Cc2ccccc2C(=N)N)CC1. The highest BCUT2D eigenvalue weighted by Gasteiger charge is 2.20. The molecule has 1 fully saturated rings. The Morgan fingerprint density at radius 2 is 1.90 bits per heavy atom. The summed E-state index contributed by atoms with van der Waals surface area (Å²) in [5.41, 5.74) is 7.69. The normalized spacial score (nSPS) is 18.9. The molecule has 1 aliphatic heterocycles. The molecule has 1 saturated heterocycles. The third-order valence-corrected chi connectivity index (χ3v) is 4.32. The number of hydrogen-bond donors (Lipinski definition) is 2. The van der Waals surface area contributed by atoms with E-state index in [0.717, 1.165) is 43.9 Å². The molecule has 0 aliphatic carbocycles. The van der Waals surface area contributed by atoms with Gasteiger partial charge in [0.2, 0.25) is 0 Å². The Hall–Kier alpha value is -1.39. The molecule has 1 aromatic carbocycles. The second-order valence-corrected chi connectivity index (χ2v) is 5.64. The van der Waals surface area contributed by atoms with Crippen molar-refractivity contribution < 1.29 is 0 Å². The van der Waals surface area contributed by atoms with Gasteiger partial charge in [0.25, 0.3) is 0 Å². The van der Waals surface area contributed by atoms with Gasteiger partial charge < -0.3 is 5.73 Å². The maximum Gasteiger partial charge on any atom is 0.123 e. The fourth-order valence-corrected chi connectivity index (χ4v) is 2.78. The molecule has 4 nitrogen and oxygen atoms in total. The van der Waals surface area contributed by atoms with Crippen LogP contribution in [0.1, 0.15) is 31.4 Å². The summed E-state index contributed by atoms with van der Waals surface area (Å²) in [4.78, 5) is 5.02. The molecule has 2 rings (SSSR count). The first-order chi connectivity index (χ1) is 9.61. The highest BCUT2D eigenvalue weighted by molar-refractivity contribution is 5.96. The van der Waals surface area contributed by atoms with E-state index >= 15 is 0 Å². The molecule has 0 aromatic heterocycles. The summed E-state index contributed by atoms with van der Waals surface area (Å²) in [6.45, 7) is 9.91. The first-order valence-corrected chi connectivity index (χ1v) is 7.50. The summed E-state index contributed by atoms with van der Waals surface area (Å²) in [5, 5.41) is 7.66. The van der Waals surface area contributed by atoms with Crippen molar-refractivity contribution in [2.45, 2.75) is 32.9 Å². The van der Waals surface area contributed by atoms with Gasteiger partial charge in [-0.1, -0.05) is 31.2 Å². The Bertz CT molecular complexity index is 450. The Balaban J connectivity index is 1.95. The van der Waals surface area contributed by atoms with Gasteiger partial charge in [-0.05, 0) is 18.9 Å². The van der Waals surface area contributed by atoms with Gasteiger partial charge in [-0.15, -0.1) is 0 Å². The molecule has 4 heteroatoms. The van der Waals surface area contributed by atoms with Crippen LogP contribution < -0.4 is 5.73 Å². The summed E-state index contributed by atoms with van der Waals surface area (Å²) in [5.74, 6) is 0.166. The zero-order valence-electron chi connectivity index (χ0n) is 12.6.